The first-order chi connectivity index (χ1) is 16.0. The lowest BCUT2D eigenvalue weighted by Crippen LogP contribution is -2.36. The number of benzene rings is 1. The molecule has 8 nitrogen and oxygen atoms in total. The fourth-order valence-electron chi connectivity index (χ4n) is 3.40. The van der Waals surface area contributed by atoms with E-state index < -0.39 is 30.7 Å². The summed E-state index contributed by atoms with van der Waals surface area (Å²) in [6.07, 6.45) is -3.21. The highest BCUT2D eigenvalue weighted by molar-refractivity contribution is 6.34. The Hall–Kier alpha value is -2.79. The van der Waals surface area contributed by atoms with Gasteiger partial charge in [0.1, 0.15) is 36.4 Å². The Labute approximate surface area is 200 Å². The molecule has 3 atom stereocenters. The zero-order chi connectivity index (χ0) is 24.9. The van der Waals surface area contributed by atoms with Gasteiger partial charge >= 0.3 is 6.18 Å². The third-order valence-electron chi connectivity index (χ3n) is 5.18. The zero-order valence-corrected chi connectivity index (χ0v) is 19.4. The molecule has 0 radical (unpaired) electrons. The van der Waals surface area contributed by atoms with Crippen LogP contribution in [0.3, 0.4) is 0 Å². The molecule has 1 aromatic heterocycles. The highest BCUT2D eigenvalue weighted by Crippen LogP contribution is 2.33. The number of amides is 1. The molecule has 3 unspecified atom stereocenters. The topological polar surface area (TPSA) is 96.8 Å². The van der Waals surface area contributed by atoms with Crippen LogP contribution in [0.1, 0.15) is 31.7 Å². The van der Waals surface area contributed by atoms with Crippen molar-refractivity contribution in [3.05, 3.63) is 41.2 Å². The molecule has 0 bridgehead atoms. The van der Waals surface area contributed by atoms with E-state index in [-0.39, 0.29) is 23.6 Å². The van der Waals surface area contributed by atoms with Crippen LogP contribution in [0.5, 0.6) is 11.6 Å². The smallest absolute Gasteiger partial charge is 0.405 e. The minimum atomic E-state index is -4.45. The first kappa shape index (κ1) is 25.8. The molecule has 1 aromatic carbocycles. The first-order valence-electron chi connectivity index (χ1n) is 10.7. The van der Waals surface area contributed by atoms with Crippen molar-refractivity contribution in [1.82, 2.24) is 15.3 Å². The molecular formula is C22H26ClF3N4O4. The largest absolute Gasteiger partial charge is 0.489 e. The van der Waals surface area contributed by atoms with Crippen LogP contribution in [0.25, 0.3) is 0 Å². The Morgan fingerprint density at radius 3 is 2.65 bits per heavy atom. The van der Waals surface area contributed by atoms with E-state index in [9.17, 15) is 23.1 Å². The van der Waals surface area contributed by atoms with Gasteiger partial charge in [0.25, 0.3) is 0 Å². The third kappa shape index (κ3) is 7.10. The normalized spacial score (nSPS) is 17.9. The second-order valence-corrected chi connectivity index (χ2v) is 8.45. The van der Waals surface area contributed by atoms with Crippen molar-refractivity contribution in [3.63, 3.8) is 0 Å². The van der Waals surface area contributed by atoms with Crippen LogP contribution in [-0.2, 0) is 4.79 Å². The fourth-order valence-corrected chi connectivity index (χ4v) is 3.67. The fraction of sp³-hybridized carbons (Fsp3) is 0.500. The van der Waals surface area contributed by atoms with Crippen LogP contribution >= 0.6 is 11.6 Å². The van der Waals surface area contributed by atoms with E-state index in [1.54, 1.807) is 38.1 Å². The predicted molar refractivity (Wildman–Crippen MR) is 119 cm³/mol. The summed E-state index contributed by atoms with van der Waals surface area (Å²) in [6, 6.07) is 6.69. The number of alkyl halides is 3. The maximum atomic E-state index is 12.3. The maximum absolute atomic E-state index is 12.3. The molecule has 12 heteroatoms. The Balaban J connectivity index is 1.56. The van der Waals surface area contributed by atoms with Crippen molar-refractivity contribution >= 4 is 23.3 Å². The van der Waals surface area contributed by atoms with Gasteiger partial charge in [0.2, 0.25) is 11.8 Å². The third-order valence-corrected chi connectivity index (χ3v) is 5.51. The lowest BCUT2D eigenvalue weighted by molar-refractivity contribution is -0.139. The van der Waals surface area contributed by atoms with Crippen LogP contribution in [0, 0.1) is 0 Å². The molecule has 34 heavy (non-hydrogen) atoms. The molecule has 1 aliphatic rings. The molecule has 186 valence electrons. The molecule has 2 aromatic rings. The molecule has 1 aliphatic heterocycles. The SMILES string of the molecule is CC(O)COc1ncnc(N2CCC(Oc3ccc(C(C)C(=O)NCC(F)(F)F)cc3)C2)c1Cl. The minimum absolute atomic E-state index is 0.0561. The summed E-state index contributed by atoms with van der Waals surface area (Å²) in [7, 11) is 0. The van der Waals surface area contributed by atoms with Crippen molar-refractivity contribution in [1.29, 1.82) is 0 Å². The number of nitrogens with zero attached hydrogens (tertiary/aromatic N) is 3. The summed E-state index contributed by atoms with van der Waals surface area (Å²) in [6.45, 7) is 2.99. The standard InChI is InChI=1S/C22H26ClF3N4O4/c1-13(31)10-33-21-18(23)19(28-12-29-21)30-8-7-17(9-30)34-16-5-3-15(4-6-16)14(2)20(32)27-11-22(24,25)26/h3-6,12-14,17,31H,7-11H2,1-2H3,(H,27,32). The van der Waals surface area contributed by atoms with Gasteiger partial charge in [0, 0.05) is 13.0 Å². The first-order valence-corrected chi connectivity index (χ1v) is 11.1. The lowest BCUT2D eigenvalue weighted by atomic mass is 10.0. The van der Waals surface area contributed by atoms with Crippen molar-refractivity contribution in [2.24, 2.45) is 0 Å². The van der Waals surface area contributed by atoms with Crippen LogP contribution in [0.2, 0.25) is 5.02 Å². The molecule has 0 aliphatic carbocycles. The van der Waals surface area contributed by atoms with Crippen LogP contribution < -0.4 is 19.7 Å². The Kier molecular flexibility index (Phi) is 8.42. The van der Waals surface area contributed by atoms with Gasteiger partial charge in [-0.1, -0.05) is 23.7 Å². The lowest BCUT2D eigenvalue weighted by Gasteiger charge is -2.20. The average Bonchev–Trinajstić information content (AvgIpc) is 3.24. The molecule has 2 N–H and O–H groups in total. The number of ether oxygens (including phenoxy) is 2. The van der Waals surface area contributed by atoms with E-state index >= 15 is 0 Å². The van der Waals surface area contributed by atoms with Crippen molar-refractivity contribution in [2.45, 2.75) is 44.6 Å². The van der Waals surface area contributed by atoms with Gasteiger partial charge in [-0.2, -0.15) is 13.2 Å². The number of anilines is 1. The highest BCUT2D eigenvalue weighted by Gasteiger charge is 2.30. The van der Waals surface area contributed by atoms with E-state index in [1.807, 2.05) is 10.2 Å². The number of hydrogen-bond donors (Lipinski definition) is 2. The number of aliphatic hydroxyl groups is 1. The number of nitrogens with one attached hydrogen (secondary N) is 1. The van der Waals surface area contributed by atoms with Gasteiger partial charge < -0.3 is 24.8 Å². The molecule has 0 spiro atoms. The molecule has 1 saturated heterocycles. The van der Waals surface area contributed by atoms with E-state index in [0.717, 1.165) is 0 Å². The molecule has 2 heterocycles. The molecule has 1 amide bonds. The van der Waals surface area contributed by atoms with Crippen LogP contribution in [0.4, 0.5) is 19.0 Å². The predicted octanol–water partition coefficient (Wildman–Crippen LogP) is 3.33. The number of rotatable bonds is 9. The van der Waals surface area contributed by atoms with Crippen LogP contribution in [-0.4, -0.2) is 65.6 Å². The Bertz CT molecular complexity index is 976. The summed E-state index contributed by atoms with van der Waals surface area (Å²) < 4.78 is 48.4. The number of carbonyl (C=O) groups excluding carboxylic acids is 1. The molecule has 1 fully saturated rings. The van der Waals surface area contributed by atoms with E-state index in [4.69, 9.17) is 21.1 Å². The molecule has 3 rings (SSSR count). The van der Waals surface area contributed by atoms with E-state index in [1.165, 1.54) is 6.33 Å². The van der Waals surface area contributed by atoms with Crippen LogP contribution in [0.15, 0.2) is 30.6 Å². The average molecular weight is 503 g/mol. The number of hydrogen-bond acceptors (Lipinski definition) is 7. The van der Waals surface area contributed by atoms with Gasteiger partial charge in [-0.15, -0.1) is 0 Å². The van der Waals surface area contributed by atoms with Gasteiger partial charge in [0.15, 0.2) is 5.82 Å². The second kappa shape index (κ2) is 11.1. The number of aliphatic hydroxyl groups excluding tert-OH is 1. The minimum Gasteiger partial charge on any atom is -0.489 e. The van der Waals surface area contributed by atoms with Gasteiger partial charge in [0.05, 0.1) is 18.6 Å². The van der Waals surface area contributed by atoms with E-state index in [0.29, 0.717) is 36.6 Å². The van der Waals surface area contributed by atoms with E-state index in [2.05, 4.69) is 9.97 Å². The highest BCUT2D eigenvalue weighted by atomic mass is 35.5. The molecular weight excluding hydrogens is 477 g/mol. The summed E-state index contributed by atoms with van der Waals surface area (Å²) in [4.78, 5) is 22.2. The van der Waals surface area contributed by atoms with Crippen molar-refractivity contribution in [3.8, 4) is 11.6 Å². The van der Waals surface area contributed by atoms with Gasteiger partial charge in [-0.3, -0.25) is 4.79 Å². The van der Waals surface area contributed by atoms with Gasteiger partial charge in [-0.05, 0) is 31.5 Å². The number of halogens is 4. The zero-order valence-electron chi connectivity index (χ0n) is 18.7. The number of carbonyl (C=O) groups is 1. The molecule has 0 saturated carbocycles. The summed E-state index contributed by atoms with van der Waals surface area (Å²) in [5.41, 5.74) is 0.581. The summed E-state index contributed by atoms with van der Waals surface area (Å²) in [5, 5.41) is 11.5. The van der Waals surface area contributed by atoms with Crippen molar-refractivity contribution < 1.29 is 32.5 Å². The monoisotopic (exact) mass is 502 g/mol. The van der Waals surface area contributed by atoms with Gasteiger partial charge in [-0.25, -0.2) is 9.97 Å². The second-order valence-electron chi connectivity index (χ2n) is 8.07. The summed E-state index contributed by atoms with van der Waals surface area (Å²) >= 11 is 6.39. The maximum Gasteiger partial charge on any atom is 0.405 e. The quantitative estimate of drug-likeness (QED) is 0.543. The van der Waals surface area contributed by atoms with Crippen molar-refractivity contribution in [2.75, 3.05) is 31.1 Å². The number of aromatic nitrogens is 2. The Morgan fingerprint density at radius 1 is 1.29 bits per heavy atom. The summed E-state index contributed by atoms with van der Waals surface area (Å²) in [5.74, 6) is -0.147. The Morgan fingerprint density at radius 2 is 2.00 bits per heavy atom.